The topological polar surface area (TPSA) is 80.1 Å². The standard InChI is InChI=1S/C23H23N5O2/c1-15(16-6-4-3-5-7-16)25-22(30)23(11-12-23)28-14-17-8-9-18(26-20(17)21(28)29)19-10-13-24-27(19)2/h3-10,13,15H,11-12,14H2,1-2H3,(H,25,30)/t15-/m1/s1. The van der Waals surface area contributed by atoms with Crippen LogP contribution in [0.3, 0.4) is 0 Å². The highest BCUT2D eigenvalue weighted by molar-refractivity contribution is 6.02. The van der Waals surface area contributed by atoms with Gasteiger partial charge in [0, 0.05) is 25.4 Å². The van der Waals surface area contributed by atoms with Crippen LogP contribution in [-0.2, 0) is 18.4 Å². The lowest BCUT2D eigenvalue weighted by Gasteiger charge is -2.28. The molecule has 0 bridgehead atoms. The molecule has 0 unspecified atom stereocenters. The fourth-order valence-corrected chi connectivity index (χ4v) is 4.18. The molecule has 152 valence electrons. The molecule has 1 saturated carbocycles. The predicted octanol–water partition coefficient (Wildman–Crippen LogP) is 2.85. The van der Waals surface area contributed by atoms with Crippen LogP contribution in [0.15, 0.2) is 54.7 Å². The lowest BCUT2D eigenvalue weighted by Crippen LogP contribution is -2.49. The van der Waals surface area contributed by atoms with Crippen LogP contribution in [0.2, 0.25) is 0 Å². The van der Waals surface area contributed by atoms with E-state index < -0.39 is 5.54 Å². The second-order valence-electron chi connectivity index (χ2n) is 8.07. The van der Waals surface area contributed by atoms with Crippen molar-refractivity contribution in [2.45, 2.75) is 37.9 Å². The maximum absolute atomic E-state index is 13.2. The Kier molecular flexibility index (Phi) is 4.20. The highest BCUT2D eigenvalue weighted by Gasteiger charge is 2.58. The van der Waals surface area contributed by atoms with E-state index in [0.717, 1.165) is 16.8 Å². The first-order valence-electron chi connectivity index (χ1n) is 10.2. The molecule has 7 nitrogen and oxygen atoms in total. The van der Waals surface area contributed by atoms with Gasteiger partial charge in [0.1, 0.15) is 11.2 Å². The second-order valence-corrected chi connectivity index (χ2v) is 8.07. The molecule has 2 aromatic heterocycles. The van der Waals surface area contributed by atoms with E-state index in [-0.39, 0.29) is 17.9 Å². The van der Waals surface area contributed by atoms with Crippen molar-refractivity contribution in [1.29, 1.82) is 0 Å². The first-order chi connectivity index (χ1) is 14.5. The maximum Gasteiger partial charge on any atom is 0.274 e. The number of nitrogens with one attached hydrogen (secondary N) is 1. The summed E-state index contributed by atoms with van der Waals surface area (Å²) in [6, 6.07) is 15.4. The van der Waals surface area contributed by atoms with Gasteiger partial charge in [0.15, 0.2) is 0 Å². The van der Waals surface area contributed by atoms with Crippen LogP contribution in [-0.4, -0.2) is 37.0 Å². The molecule has 1 aliphatic carbocycles. The smallest absolute Gasteiger partial charge is 0.274 e. The minimum atomic E-state index is -0.770. The molecule has 5 rings (SSSR count). The van der Waals surface area contributed by atoms with Gasteiger partial charge in [-0.2, -0.15) is 5.10 Å². The zero-order valence-corrected chi connectivity index (χ0v) is 17.0. The fraction of sp³-hybridized carbons (Fsp3) is 0.304. The van der Waals surface area contributed by atoms with Crippen molar-refractivity contribution in [3.8, 4) is 11.4 Å². The number of aromatic nitrogens is 3. The summed E-state index contributed by atoms with van der Waals surface area (Å²) in [6.45, 7) is 2.38. The number of nitrogens with zero attached hydrogens (tertiary/aromatic N) is 4. The van der Waals surface area contributed by atoms with E-state index in [1.165, 1.54) is 0 Å². The molecule has 0 radical (unpaired) electrons. The molecule has 1 fully saturated rings. The molecule has 2 amide bonds. The number of carbonyl (C=O) groups is 2. The Morgan fingerprint density at radius 1 is 1.13 bits per heavy atom. The summed E-state index contributed by atoms with van der Waals surface area (Å²) in [5.74, 6) is -0.263. The molecule has 1 aromatic carbocycles. The largest absolute Gasteiger partial charge is 0.348 e. The van der Waals surface area contributed by atoms with Crippen LogP contribution in [0.4, 0.5) is 0 Å². The number of hydrogen-bond acceptors (Lipinski definition) is 4. The summed E-state index contributed by atoms with van der Waals surface area (Å²) in [6.07, 6.45) is 3.05. The lowest BCUT2D eigenvalue weighted by molar-refractivity contribution is -0.127. The number of carbonyl (C=O) groups excluding carboxylic acids is 2. The van der Waals surface area contributed by atoms with Gasteiger partial charge in [0.05, 0.1) is 17.4 Å². The Morgan fingerprint density at radius 2 is 1.90 bits per heavy atom. The minimum absolute atomic E-state index is 0.0909. The minimum Gasteiger partial charge on any atom is -0.348 e. The van der Waals surface area contributed by atoms with Crippen molar-refractivity contribution >= 4 is 11.8 Å². The molecule has 1 N–H and O–H groups in total. The summed E-state index contributed by atoms with van der Waals surface area (Å²) in [4.78, 5) is 32.7. The molecule has 0 spiro atoms. The number of hydrogen-bond donors (Lipinski definition) is 1. The van der Waals surface area contributed by atoms with Crippen LogP contribution < -0.4 is 5.32 Å². The van der Waals surface area contributed by atoms with Gasteiger partial charge < -0.3 is 10.2 Å². The van der Waals surface area contributed by atoms with E-state index in [4.69, 9.17) is 0 Å². The zero-order chi connectivity index (χ0) is 20.9. The van der Waals surface area contributed by atoms with Crippen molar-refractivity contribution in [3.63, 3.8) is 0 Å². The SMILES string of the molecule is C[C@@H](NC(=O)C1(N2Cc3ccc(-c4ccnn4C)nc3C2=O)CC1)c1ccccc1. The Hall–Kier alpha value is -3.48. The van der Waals surface area contributed by atoms with Gasteiger partial charge in [-0.25, -0.2) is 4.98 Å². The molecule has 7 heteroatoms. The number of rotatable bonds is 5. The maximum atomic E-state index is 13.2. The lowest BCUT2D eigenvalue weighted by atomic mass is 10.1. The van der Waals surface area contributed by atoms with Gasteiger partial charge in [0.25, 0.3) is 5.91 Å². The highest BCUT2D eigenvalue weighted by atomic mass is 16.2. The number of benzene rings is 1. The number of aryl methyl sites for hydroxylation is 1. The zero-order valence-electron chi connectivity index (χ0n) is 17.0. The summed E-state index contributed by atoms with van der Waals surface area (Å²) >= 11 is 0. The predicted molar refractivity (Wildman–Crippen MR) is 111 cm³/mol. The summed E-state index contributed by atoms with van der Waals surface area (Å²) < 4.78 is 1.73. The number of amides is 2. The van der Waals surface area contributed by atoms with Gasteiger partial charge in [0.2, 0.25) is 5.91 Å². The van der Waals surface area contributed by atoms with E-state index in [9.17, 15) is 9.59 Å². The first kappa shape index (κ1) is 18.5. The third kappa shape index (κ3) is 2.89. The highest BCUT2D eigenvalue weighted by Crippen LogP contribution is 2.46. The average Bonchev–Trinajstić information content (AvgIpc) is 3.36. The normalized spacial score (nSPS) is 17.5. The van der Waals surface area contributed by atoms with Gasteiger partial charge in [-0.1, -0.05) is 36.4 Å². The first-order valence-corrected chi connectivity index (χ1v) is 10.2. The van der Waals surface area contributed by atoms with Crippen LogP contribution in [0, 0.1) is 0 Å². The van der Waals surface area contributed by atoms with Crippen LogP contribution in [0.1, 0.15) is 47.4 Å². The van der Waals surface area contributed by atoms with E-state index in [0.29, 0.717) is 30.8 Å². The summed E-state index contributed by atoms with van der Waals surface area (Å²) in [5, 5.41) is 7.27. The molecule has 1 atom stereocenters. The van der Waals surface area contributed by atoms with Crippen LogP contribution in [0.5, 0.6) is 0 Å². The van der Waals surface area contributed by atoms with Gasteiger partial charge in [-0.15, -0.1) is 0 Å². The van der Waals surface area contributed by atoms with Crippen LogP contribution >= 0.6 is 0 Å². The third-order valence-corrected chi connectivity index (χ3v) is 6.15. The molecule has 30 heavy (non-hydrogen) atoms. The molecular formula is C23H23N5O2. The molecule has 1 aliphatic heterocycles. The number of fused-ring (bicyclic) bond motifs is 1. The van der Waals surface area contributed by atoms with Gasteiger partial charge in [-0.05, 0) is 37.5 Å². The fourth-order valence-electron chi connectivity index (χ4n) is 4.18. The molecular weight excluding hydrogens is 378 g/mol. The van der Waals surface area contributed by atoms with Crippen molar-refractivity contribution in [2.75, 3.05) is 0 Å². The molecule has 3 heterocycles. The van der Waals surface area contributed by atoms with Crippen molar-refractivity contribution in [1.82, 2.24) is 25.0 Å². The Labute approximate surface area is 174 Å². The van der Waals surface area contributed by atoms with E-state index in [1.807, 2.05) is 62.5 Å². The summed E-state index contributed by atoms with van der Waals surface area (Å²) in [7, 11) is 1.84. The number of pyridine rings is 1. The quantitative estimate of drug-likeness (QED) is 0.713. The van der Waals surface area contributed by atoms with Crippen molar-refractivity contribution < 1.29 is 9.59 Å². The molecule has 3 aromatic rings. The third-order valence-electron chi connectivity index (χ3n) is 6.15. The molecule has 2 aliphatic rings. The second kappa shape index (κ2) is 6.79. The summed E-state index contributed by atoms with van der Waals surface area (Å²) in [5.41, 5.74) is 3.12. The Balaban J connectivity index is 1.37. The van der Waals surface area contributed by atoms with Crippen molar-refractivity contribution in [3.05, 3.63) is 71.5 Å². The molecule has 0 saturated heterocycles. The van der Waals surface area contributed by atoms with Crippen molar-refractivity contribution in [2.24, 2.45) is 7.05 Å². The van der Waals surface area contributed by atoms with Gasteiger partial charge >= 0.3 is 0 Å². The van der Waals surface area contributed by atoms with E-state index in [2.05, 4.69) is 15.4 Å². The Bertz CT molecular complexity index is 1130. The Morgan fingerprint density at radius 3 is 2.57 bits per heavy atom. The van der Waals surface area contributed by atoms with E-state index in [1.54, 1.807) is 15.8 Å². The van der Waals surface area contributed by atoms with E-state index >= 15 is 0 Å². The van der Waals surface area contributed by atoms with Gasteiger partial charge in [-0.3, -0.25) is 14.3 Å². The monoisotopic (exact) mass is 401 g/mol. The van der Waals surface area contributed by atoms with Crippen LogP contribution in [0.25, 0.3) is 11.4 Å². The average molecular weight is 401 g/mol.